The number of hydrogen-bond acceptors (Lipinski definition) is 3. The Labute approximate surface area is 182 Å². The SMILES string of the molecule is CC[N+](CC)(CC)CCC1(C)CCc2c(C)c(OC(C)=O)c(C)c(C)c2O1.[Br-]. The second kappa shape index (κ2) is 9.62. The number of carbonyl (C=O) groups excluding carboxylic acids is 1. The van der Waals surface area contributed by atoms with Crippen molar-refractivity contribution >= 4 is 5.97 Å². The molecule has 1 aliphatic heterocycles. The number of rotatable bonds is 7. The summed E-state index contributed by atoms with van der Waals surface area (Å²) in [6.45, 7) is 21.4. The molecule has 1 aromatic carbocycles. The summed E-state index contributed by atoms with van der Waals surface area (Å²) >= 11 is 0. The number of esters is 1. The summed E-state index contributed by atoms with van der Waals surface area (Å²) in [5.74, 6) is 1.46. The van der Waals surface area contributed by atoms with Crippen LogP contribution in [0.15, 0.2) is 0 Å². The van der Waals surface area contributed by atoms with Crippen molar-refractivity contribution in [1.82, 2.24) is 0 Å². The molecule has 1 heterocycles. The van der Waals surface area contributed by atoms with Gasteiger partial charge in [0.05, 0.1) is 26.2 Å². The van der Waals surface area contributed by atoms with E-state index in [9.17, 15) is 4.79 Å². The number of halogens is 1. The quantitative estimate of drug-likeness (QED) is 0.357. The van der Waals surface area contributed by atoms with Crippen molar-refractivity contribution < 1.29 is 35.7 Å². The fourth-order valence-electron chi connectivity index (χ4n) is 4.37. The predicted molar refractivity (Wildman–Crippen MR) is 111 cm³/mol. The number of nitrogens with zero attached hydrogens (tertiary/aromatic N) is 1. The first-order valence-corrected chi connectivity index (χ1v) is 10.5. The number of ether oxygens (including phenoxy) is 2. The van der Waals surface area contributed by atoms with Gasteiger partial charge in [-0.3, -0.25) is 4.79 Å². The largest absolute Gasteiger partial charge is 1.00 e. The lowest BCUT2D eigenvalue weighted by molar-refractivity contribution is -0.924. The standard InChI is InChI=1S/C23H38NO3.BrH/c1-9-24(10-2,11-3)15-14-23(8)13-12-20-18(6)21(26-19(7)25)16(4)17(5)22(20)27-23;/h9-15H2,1-8H3;1H/q+1;/p-1. The van der Waals surface area contributed by atoms with E-state index in [0.717, 1.165) is 52.7 Å². The van der Waals surface area contributed by atoms with Crippen LogP contribution in [0, 0.1) is 20.8 Å². The third kappa shape index (κ3) is 4.91. The molecule has 1 atom stereocenters. The lowest BCUT2D eigenvalue weighted by Crippen LogP contribution is -3.00. The van der Waals surface area contributed by atoms with Crippen LogP contribution >= 0.6 is 0 Å². The molecule has 0 saturated heterocycles. The number of fused-ring (bicyclic) bond motifs is 1. The molecule has 0 amide bonds. The van der Waals surface area contributed by atoms with Crippen molar-refractivity contribution in [3.63, 3.8) is 0 Å². The van der Waals surface area contributed by atoms with E-state index in [1.54, 1.807) is 0 Å². The van der Waals surface area contributed by atoms with Crippen molar-refractivity contribution in [3.8, 4) is 11.5 Å². The first kappa shape index (κ1) is 25.0. The minimum Gasteiger partial charge on any atom is -1.00 e. The van der Waals surface area contributed by atoms with Gasteiger partial charge in [0.15, 0.2) is 0 Å². The molecular weight excluding hydrogens is 418 g/mol. The van der Waals surface area contributed by atoms with Gasteiger partial charge in [0.2, 0.25) is 0 Å². The van der Waals surface area contributed by atoms with Crippen LogP contribution < -0.4 is 26.5 Å². The summed E-state index contributed by atoms with van der Waals surface area (Å²) in [4.78, 5) is 11.5. The Bertz CT molecular complexity index is 704. The average Bonchev–Trinajstić information content (AvgIpc) is 2.65. The van der Waals surface area contributed by atoms with Crippen LogP contribution in [0.4, 0.5) is 0 Å². The lowest BCUT2D eigenvalue weighted by Gasteiger charge is -2.42. The van der Waals surface area contributed by atoms with Crippen LogP contribution in [0.5, 0.6) is 11.5 Å². The third-order valence-electron chi connectivity index (χ3n) is 6.94. The number of benzene rings is 1. The Hall–Kier alpha value is -1.07. The molecule has 1 unspecified atom stereocenters. The zero-order valence-corrected chi connectivity index (χ0v) is 20.6. The van der Waals surface area contributed by atoms with E-state index in [-0.39, 0.29) is 28.6 Å². The molecule has 0 radical (unpaired) electrons. The molecule has 5 heteroatoms. The molecule has 2 rings (SSSR count). The van der Waals surface area contributed by atoms with Crippen molar-refractivity contribution in [1.29, 1.82) is 0 Å². The summed E-state index contributed by atoms with van der Waals surface area (Å²) in [6, 6.07) is 0. The highest BCUT2D eigenvalue weighted by molar-refractivity contribution is 5.72. The Morgan fingerprint density at radius 1 is 1.07 bits per heavy atom. The predicted octanol–water partition coefficient (Wildman–Crippen LogP) is 1.89. The molecule has 0 bridgehead atoms. The summed E-state index contributed by atoms with van der Waals surface area (Å²) in [5, 5.41) is 0. The van der Waals surface area contributed by atoms with E-state index in [2.05, 4.69) is 34.6 Å². The monoisotopic (exact) mass is 455 g/mol. The highest BCUT2D eigenvalue weighted by Gasteiger charge is 2.37. The van der Waals surface area contributed by atoms with Gasteiger partial charge >= 0.3 is 5.97 Å². The minimum atomic E-state index is -0.269. The van der Waals surface area contributed by atoms with Crippen LogP contribution in [0.25, 0.3) is 0 Å². The van der Waals surface area contributed by atoms with E-state index in [1.165, 1.54) is 32.1 Å². The molecule has 0 aromatic heterocycles. The first-order valence-electron chi connectivity index (χ1n) is 10.5. The topological polar surface area (TPSA) is 35.5 Å². The maximum atomic E-state index is 11.5. The van der Waals surface area contributed by atoms with Gasteiger partial charge in [-0.2, -0.15) is 0 Å². The van der Waals surface area contributed by atoms with Crippen LogP contribution in [-0.4, -0.2) is 42.2 Å². The van der Waals surface area contributed by atoms with Crippen LogP contribution in [0.2, 0.25) is 0 Å². The van der Waals surface area contributed by atoms with Crippen LogP contribution in [0.1, 0.15) is 69.7 Å². The summed E-state index contributed by atoms with van der Waals surface area (Å²) in [5.41, 5.74) is 4.22. The normalized spacial score (nSPS) is 18.7. The molecule has 1 aromatic rings. The van der Waals surface area contributed by atoms with Crippen molar-refractivity contribution in [3.05, 3.63) is 22.3 Å². The number of quaternary nitrogens is 1. The smallest absolute Gasteiger partial charge is 0.308 e. The van der Waals surface area contributed by atoms with Gasteiger partial charge < -0.3 is 30.9 Å². The molecule has 4 nitrogen and oxygen atoms in total. The van der Waals surface area contributed by atoms with E-state index >= 15 is 0 Å². The lowest BCUT2D eigenvalue weighted by atomic mass is 9.85. The van der Waals surface area contributed by atoms with Crippen molar-refractivity contribution in [2.75, 3.05) is 26.2 Å². The van der Waals surface area contributed by atoms with E-state index < -0.39 is 0 Å². The Balaban J connectivity index is 0.00000392. The van der Waals surface area contributed by atoms with Gasteiger partial charge in [0.25, 0.3) is 0 Å². The Kier molecular flexibility index (Phi) is 8.58. The fraction of sp³-hybridized carbons (Fsp3) is 0.696. The van der Waals surface area contributed by atoms with Gasteiger partial charge in [-0.1, -0.05) is 0 Å². The summed E-state index contributed by atoms with van der Waals surface area (Å²) < 4.78 is 13.3. The van der Waals surface area contributed by atoms with Gasteiger partial charge in [0.1, 0.15) is 17.1 Å². The zero-order chi connectivity index (χ0) is 20.4. The average molecular weight is 456 g/mol. The summed E-state index contributed by atoms with van der Waals surface area (Å²) in [6.07, 6.45) is 3.03. The van der Waals surface area contributed by atoms with Gasteiger partial charge in [-0.25, -0.2) is 0 Å². The highest BCUT2D eigenvalue weighted by atomic mass is 79.9. The number of hydrogen-bond donors (Lipinski definition) is 0. The van der Waals surface area contributed by atoms with E-state index in [0.29, 0.717) is 5.75 Å². The van der Waals surface area contributed by atoms with Gasteiger partial charge in [-0.15, -0.1) is 0 Å². The molecule has 0 saturated carbocycles. The fourth-order valence-corrected chi connectivity index (χ4v) is 4.37. The van der Waals surface area contributed by atoms with Crippen molar-refractivity contribution in [2.24, 2.45) is 0 Å². The molecule has 0 aliphatic carbocycles. The Morgan fingerprint density at radius 3 is 2.14 bits per heavy atom. The molecule has 160 valence electrons. The van der Waals surface area contributed by atoms with Crippen LogP contribution in [-0.2, 0) is 11.2 Å². The zero-order valence-electron chi connectivity index (χ0n) is 19.0. The molecule has 28 heavy (non-hydrogen) atoms. The molecule has 0 spiro atoms. The van der Waals surface area contributed by atoms with Gasteiger partial charge in [0, 0.05) is 18.9 Å². The maximum absolute atomic E-state index is 11.5. The highest BCUT2D eigenvalue weighted by Crippen LogP contribution is 2.44. The van der Waals surface area contributed by atoms with Crippen LogP contribution in [0.3, 0.4) is 0 Å². The second-order valence-corrected chi connectivity index (χ2v) is 8.42. The van der Waals surface area contributed by atoms with Crippen molar-refractivity contribution in [2.45, 2.75) is 80.3 Å². The molecule has 0 N–H and O–H groups in total. The third-order valence-corrected chi connectivity index (χ3v) is 6.94. The van der Waals surface area contributed by atoms with Gasteiger partial charge in [-0.05, 0) is 78.0 Å². The Morgan fingerprint density at radius 2 is 1.64 bits per heavy atom. The molecular formula is C23H38BrNO3. The molecule has 0 fully saturated rings. The maximum Gasteiger partial charge on any atom is 0.308 e. The van der Waals surface area contributed by atoms with E-state index in [1.807, 2.05) is 13.8 Å². The van der Waals surface area contributed by atoms with E-state index in [4.69, 9.17) is 9.47 Å². The first-order chi connectivity index (χ1) is 12.6. The minimum absolute atomic E-state index is 0. The summed E-state index contributed by atoms with van der Waals surface area (Å²) in [7, 11) is 0. The number of carbonyl (C=O) groups is 1. The second-order valence-electron chi connectivity index (χ2n) is 8.42. The molecule has 1 aliphatic rings.